The Hall–Kier alpha value is -2.53. The Morgan fingerprint density at radius 1 is 1.08 bits per heavy atom. The van der Waals surface area contributed by atoms with Gasteiger partial charge in [0.2, 0.25) is 6.79 Å². The molecule has 26 heavy (non-hydrogen) atoms. The monoisotopic (exact) mass is 352 g/mol. The highest BCUT2D eigenvalue weighted by Gasteiger charge is 2.17. The minimum atomic E-state index is -0.0284. The van der Waals surface area contributed by atoms with Crippen LogP contribution >= 0.6 is 0 Å². The summed E-state index contributed by atoms with van der Waals surface area (Å²) in [6.07, 6.45) is 2.52. The predicted molar refractivity (Wildman–Crippen MR) is 101 cm³/mol. The van der Waals surface area contributed by atoms with E-state index in [9.17, 15) is 4.79 Å². The van der Waals surface area contributed by atoms with Crippen LogP contribution in [0.25, 0.3) is 11.1 Å². The number of likely N-dealkylation sites (tertiary alicyclic amines) is 1. The van der Waals surface area contributed by atoms with Gasteiger partial charge in [0.05, 0.1) is 0 Å². The maximum Gasteiger partial charge on any atom is 0.251 e. The Morgan fingerprint density at radius 3 is 2.69 bits per heavy atom. The van der Waals surface area contributed by atoms with Gasteiger partial charge < -0.3 is 19.7 Å². The van der Waals surface area contributed by atoms with Crippen LogP contribution in [0.1, 0.15) is 30.1 Å². The van der Waals surface area contributed by atoms with Crippen LogP contribution in [-0.2, 0) is 0 Å². The molecule has 0 unspecified atom stereocenters. The zero-order valence-corrected chi connectivity index (χ0v) is 15.0. The number of hydrogen-bond donors (Lipinski definition) is 1. The van der Waals surface area contributed by atoms with Crippen LogP contribution in [0.2, 0.25) is 0 Å². The van der Waals surface area contributed by atoms with Crippen molar-refractivity contribution in [3.63, 3.8) is 0 Å². The van der Waals surface area contributed by atoms with Gasteiger partial charge in [-0.05, 0) is 68.2 Å². The summed E-state index contributed by atoms with van der Waals surface area (Å²) in [5, 5.41) is 3.12. The summed E-state index contributed by atoms with van der Waals surface area (Å²) in [7, 11) is 0. The predicted octanol–water partition coefficient (Wildman–Crippen LogP) is 3.30. The minimum Gasteiger partial charge on any atom is -0.454 e. The summed E-state index contributed by atoms with van der Waals surface area (Å²) >= 11 is 0. The van der Waals surface area contributed by atoms with Gasteiger partial charge in [-0.3, -0.25) is 4.79 Å². The Bertz CT molecular complexity index is 800. The molecule has 2 aliphatic rings. The fourth-order valence-electron chi connectivity index (χ4n) is 3.62. The highest BCUT2D eigenvalue weighted by Crippen LogP contribution is 2.36. The average molecular weight is 352 g/mol. The van der Waals surface area contributed by atoms with Crippen LogP contribution in [0.4, 0.5) is 0 Å². The van der Waals surface area contributed by atoms with Crippen LogP contribution in [-0.4, -0.2) is 43.3 Å². The maximum atomic E-state index is 12.6. The number of nitrogens with zero attached hydrogens (tertiary/aromatic N) is 1. The van der Waals surface area contributed by atoms with Gasteiger partial charge in [0.1, 0.15) is 0 Å². The lowest BCUT2D eigenvalue weighted by atomic mass is 10.0. The Morgan fingerprint density at radius 2 is 1.85 bits per heavy atom. The molecule has 0 aromatic heterocycles. The molecule has 1 amide bonds. The maximum absolute atomic E-state index is 12.6. The number of fused-ring (bicyclic) bond motifs is 1. The fourth-order valence-corrected chi connectivity index (χ4v) is 3.62. The molecule has 0 radical (unpaired) electrons. The molecule has 2 aromatic carbocycles. The normalized spacial score (nSPS) is 17.3. The van der Waals surface area contributed by atoms with Gasteiger partial charge in [-0.15, -0.1) is 0 Å². The van der Waals surface area contributed by atoms with E-state index in [0.29, 0.717) is 5.56 Å². The molecule has 1 N–H and O–H groups in total. The molecule has 2 aromatic rings. The SMILES string of the molecule is C[C@H](CN1CCCC1)NC(=O)c1cccc(-c2ccc3c(c2)OCO3)c1. The van der Waals surface area contributed by atoms with Gasteiger partial charge in [0.15, 0.2) is 11.5 Å². The molecular weight excluding hydrogens is 328 g/mol. The fraction of sp³-hybridized carbons (Fsp3) is 0.381. The molecule has 2 aliphatic heterocycles. The molecule has 0 aliphatic carbocycles. The second-order valence-electron chi connectivity index (χ2n) is 7.03. The molecular formula is C21H24N2O3. The Labute approximate surface area is 153 Å². The van der Waals surface area contributed by atoms with Crippen molar-refractivity contribution in [2.24, 2.45) is 0 Å². The number of hydrogen-bond acceptors (Lipinski definition) is 4. The minimum absolute atomic E-state index is 0.0284. The molecule has 1 fully saturated rings. The first-order valence-electron chi connectivity index (χ1n) is 9.22. The standard InChI is InChI=1S/C21H24N2O3/c1-15(13-23-9-2-3-10-23)22-21(24)18-6-4-5-16(11-18)17-7-8-19-20(12-17)26-14-25-19/h4-8,11-12,15H,2-3,9-10,13-14H2,1H3,(H,22,24)/t15-/m1/s1. The number of carbonyl (C=O) groups excluding carboxylic acids is 1. The van der Waals surface area contributed by atoms with Crippen LogP contribution < -0.4 is 14.8 Å². The molecule has 0 saturated carbocycles. The summed E-state index contributed by atoms with van der Waals surface area (Å²) in [4.78, 5) is 15.0. The van der Waals surface area contributed by atoms with Crippen LogP contribution in [0.5, 0.6) is 11.5 Å². The van der Waals surface area contributed by atoms with Crippen molar-refractivity contribution in [3.05, 3.63) is 48.0 Å². The zero-order valence-electron chi connectivity index (χ0n) is 15.0. The summed E-state index contributed by atoms with van der Waals surface area (Å²) in [5.41, 5.74) is 2.67. The lowest BCUT2D eigenvalue weighted by molar-refractivity contribution is 0.0932. The van der Waals surface area contributed by atoms with Crippen LogP contribution in [0, 0.1) is 0 Å². The van der Waals surface area contributed by atoms with Crippen LogP contribution in [0.15, 0.2) is 42.5 Å². The van der Waals surface area contributed by atoms with Gasteiger partial charge in [-0.1, -0.05) is 18.2 Å². The van der Waals surface area contributed by atoms with E-state index in [1.54, 1.807) is 0 Å². The van der Waals surface area contributed by atoms with E-state index < -0.39 is 0 Å². The third-order valence-electron chi connectivity index (χ3n) is 4.94. The highest BCUT2D eigenvalue weighted by molar-refractivity contribution is 5.95. The van der Waals surface area contributed by atoms with Crippen molar-refractivity contribution in [1.82, 2.24) is 10.2 Å². The number of carbonyl (C=O) groups is 1. The molecule has 1 saturated heterocycles. The number of amides is 1. The third kappa shape index (κ3) is 3.68. The number of rotatable bonds is 5. The van der Waals surface area contributed by atoms with E-state index in [2.05, 4.69) is 17.1 Å². The summed E-state index contributed by atoms with van der Waals surface area (Å²) in [6.45, 7) is 5.52. The van der Waals surface area contributed by atoms with Gasteiger partial charge in [-0.25, -0.2) is 0 Å². The topological polar surface area (TPSA) is 50.8 Å². The Balaban J connectivity index is 1.45. The van der Waals surface area contributed by atoms with Crippen molar-refractivity contribution < 1.29 is 14.3 Å². The van der Waals surface area contributed by atoms with Gasteiger partial charge in [0, 0.05) is 18.2 Å². The number of benzene rings is 2. The molecule has 5 heteroatoms. The highest BCUT2D eigenvalue weighted by atomic mass is 16.7. The lowest BCUT2D eigenvalue weighted by Gasteiger charge is -2.21. The second kappa shape index (κ2) is 7.38. The number of ether oxygens (including phenoxy) is 2. The van der Waals surface area contributed by atoms with Gasteiger partial charge >= 0.3 is 0 Å². The van der Waals surface area contributed by atoms with Crippen LogP contribution in [0.3, 0.4) is 0 Å². The number of nitrogens with one attached hydrogen (secondary N) is 1. The average Bonchev–Trinajstić information content (AvgIpc) is 3.32. The summed E-state index contributed by atoms with van der Waals surface area (Å²) < 4.78 is 10.8. The van der Waals surface area contributed by atoms with E-state index in [-0.39, 0.29) is 18.7 Å². The lowest BCUT2D eigenvalue weighted by Crippen LogP contribution is -2.41. The quantitative estimate of drug-likeness (QED) is 0.897. The molecule has 4 rings (SSSR count). The third-order valence-corrected chi connectivity index (χ3v) is 4.94. The first-order valence-corrected chi connectivity index (χ1v) is 9.22. The molecule has 1 atom stereocenters. The van der Waals surface area contributed by atoms with Crippen molar-refractivity contribution in [2.45, 2.75) is 25.8 Å². The van der Waals surface area contributed by atoms with E-state index >= 15 is 0 Å². The molecule has 0 bridgehead atoms. The second-order valence-corrected chi connectivity index (χ2v) is 7.03. The van der Waals surface area contributed by atoms with E-state index in [4.69, 9.17) is 9.47 Å². The molecule has 5 nitrogen and oxygen atoms in total. The van der Waals surface area contributed by atoms with Crippen molar-refractivity contribution in [3.8, 4) is 22.6 Å². The summed E-state index contributed by atoms with van der Waals surface area (Å²) in [5.74, 6) is 1.48. The van der Waals surface area contributed by atoms with E-state index in [1.165, 1.54) is 12.8 Å². The van der Waals surface area contributed by atoms with Gasteiger partial charge in [-0.2, -0.15) is 0 Å². The molecule has 0 spiro atoms. The molecule has 2 heterocycles. The van der Waals surface area contributed by atoms with Crippen molar-refractivity contribution >= 4 is 5.91 Å². The Kier molecular flexibility index (Phi) is 4.80. The van der Waals surface area contributed by atoms with Gasteiger partial charge in [0.25, 0.3) is 5.91 Å². The first-order chi connectivity index (χ1) is 12.7. The smallest absolute Gasteiger partial charge is 0.251 e. The van der Waals surface area contributed by atoms with E-state index in [1.807, 2.05) is 42.5 Å². The van der Waals surface area contributed by atoms with Crippen molar-refractivity contribution in [1.29, 1.82) is 0 Å². The van der Waals surface area contributed by atoms with Crippen molar-refractivity contribution in [2.75, 3.05) is 26.4 Å². The summed E-state index contributed by atoms with van der Waals surface area (Å²) in [6, 6.07) is 13.7. The first kappa shape index (κ1) is 16.9. The van der Waals surface area contributed by atoms with E-state index in [0.717, 1.165) is 42.3 Å². The largest absolute Gasteiger partial charge is 0.454 e. The zero-order chi connectivity index (χ0) is 17.9. The molecule has 136 valence electrons.